The molecule has 1 aliphatic rings. The Morgan fingerprint density at radius 1 is 1.15 bits per heavy atom. The van der Waals surface area contributed by atoms with Crippen molar-refractivity contribution in [3.63, 3.8) is 0 Å². The van der Waals surface area contributed by atoms with Crippen LogP contribution in [0.25, 0.3) is 11.0 Å². The summed E-state index contributed by atoms with van der Waals surface area (Å²) >= 11 is 5.99. The van der Waals surface area contributed by atoms with Crippen LogP contribution < -0.4 is 4.90 Å². The summed E-state index contributed by atoms with van der Waals surface area (Å²) < 4.78 is 0. The van der Waals surface area contributed by atoms with E-state index in [2.05, 4.69) is 50.7 Å². The van der Waals surface area contributed by atoms with Crippen LogP contribution in [-0.2, 0) is 0 Å². The summed E-state index contributed by atoms with van der Waals surface area (Å²) in [6, 6.07) is 0. The molecule has 7 heteroatoms. The van der Waals surface area contributed by atoms with Crippen molar-refractivity contribution >= 4 is 28.5 Å². The average molecular weight is 295 g/mol. The number of aromatic amines is 1. The number of hydrogen-bond acceptors (Lipinski definition) is 5. The molecule has 1 fully saturated rings. The molecule has 0 atom stereocenters. The number of nitrogens with zero attached hydrogens (tertiary/aromatic N) is 5. The number of hydrogen-bond donors (Lipinski definition) is 1. The first-order valence-electron chi connectivity index (χ1n) is 6.82. The fraction of sp³-hybridized carbons (Fsp3) is 0.615. The summed E-state index contributed by atoms with van der Waals surface area (Å²) in [5.41, 5.74) is 0.902. The van der Waals surface area contributed by atoms with Crippen LogP contribution in [0.5, 0.6) is 0 Å². The van der Waals surface area contributed by atoms with Gasteiger partial charge in [-0.1, -0.05) is 0 Å². The molecule has 3 rings (SSSR count). The van der Waals surface area contributed by atoms with Gasteiger partial charge < -0.3 is 4.90 Å². The predicted molar refractivity (Wildman–Crippen MR) is 80.2 cm³/mol. The van der Waals surface area contributed by atoms with E-state index < -0.39 is 0 Å². The molecule has 0 aromatic carbocycles. The molecule has 0 bridgehead atoms. The maximum atomic E-state index is 5.99. The Balaban J connectivity index is 1.85. The summed E-state index contributed by atoms with van der Waals surface area (Å²) in [5.74, 6) is 0.877. The van der Waals surface area contributed by atoms with Gasteiger partial charge in [0.25, 0.3) is 0 Å². The third kappa shape index (κ3) is 2.45. The highest BCUT2D eigenvalue weighted by Gasteiger charge is 2.27. The van der Waals surface area contributed by atoms with Crippen molar-refractivity contribution < 1.29 is 0 Å². The SMILES string of the molecule is CC(C)(C)N1CCN(c2nc(Cl)nc3[nH]ncc23)CC1. The number of nitrogens with one attached hydrogen (secondary N) is 1. The maximum Gasteiger partial charge on any atom is 0.226 e. The van der Waals surface area contributed by atoms with Gasteiger partial charge in [-0.2, -0.15) is 15.1 Å². The first-order chi connectivity index (χ1) is 9.45. The smallest absolute Gasteiger partial charge is 0.226 e. The van der Waals surface area contributed by atoms with E-state index in [4.69, 9.17) is 11.6 Å². The minimum atomic E-state index is 0.209. The van der Waals surface area contributed by atoms with E-state index in [9.17, 15) is 0 Å². The molecule has 1 N–H and O–H groups in total. The van der Waals surface area contributed by atoms with Gasteiger partial charge >= 0.3 is 0 Å². The number of halogens is 1. The number of piperazine rings is 1. The number of rotatable bonds is 1. The van der Waals surface area contributed by atoms with E-state index in [0.717, 1.165) is 37.4 Å². The average Bonchev–Trinajstić information content (AvgIpc) is 2.85. The molecule has 1 saturated heterocycles. The molecule has 0 saturated carbocycles. The minimum Gasteiger partial charge on any atom is -0.353 e. The van der Waals surface area contributed by atoms with Crippen LogP contribution in [0.2, 0.25) is 5.28 Å². The Morgan fingerprint density at radius 2 is 1.85 bits per heavy atom. The maximum absolute atomic E-state index is 5.99. The summed E-state index contributed by atoms with van der Waals surface area (Å²) in [6.07, 6.45) is 1.76. The van der Waals surface area contributed by atoms with Gasteiger partial charge in [0.1, 0.15) is 5.82 Å². The lowest BCUT2D eigenvalue weighted by molar-refractivity contribution is 0.128. The fourth-order valence-electron chi connectivity index (χ4n) is 2.62. The lowest BCUT2D eigenvalue weighted by Gasteiger charge is -2.42. The summed E-state index contributed by atoms with van der Waals surface area (Å²) in [6.45, 7) is 10.7. The molecule has 2 aromatic heterocycles. The highest BCUT2D eigenvalue weighted by atomic mass is 35.5. The van der Waals surface area contributed by atoms with Crippen LogP contribution in [0.4, 0.5) is 5.82 Å². The fourth-order valence-corrected chi connectivity index (χ4v) is 2.79. The standard InChI is InChI=1S/C13H19ClN6/c1-13(2,3)20-6-4-19(5-7-20)11-9-8-15-18-10(9)16-12(14)17-11/h8H,4-7H2,1-3H3,(H,15,16,17,18). The molecular formula is C13H19ClN6. The quantitative estimate of drug-likeness (QED) is 0.814. The van der Waals surface area contributed by atoms with E-state index in [1.54, 1.807) is 6.20 Å². The van der Waals surface area contributed by atoms with Crippen LogP contribution >= 0.6 is 11.6 Å². The molecule has 0 radical (unpaired) electrons. The molecule has 3 heterocycles. The second-order valence-corrected chi connectivity index (χ2v) is 6.43. The van der Waals surface area contributed by atoms with Crippen molar-refractivity contribution in [3.8, 4) is 0 Å². The van der Waals surface area contributed by atoms with Crippen LogP contribution in [-0.4, -0.2) is 56.8 Å². The molecule has 1 aliphatic heterocycles. The molecule has 108 valence electrons. The van der Waals surface area contributed by atoms with E-state index in [1.165, 1.54) is 0 Å². The second kappa shape index (κ2) is 4.86. The molecule has 0 spiro atoms. The molecule has 0 aliphatic carbocycles. The lowest BCUT2D eigenvalue weighted by atomic mass is 10.0. The van der Waals surface area contributed by atoms with Crippen LogP contribution in [0.1, 0.15) is 20.8 Å². The van der Waals surface area contributed by atoms with Gasteiger partial charge in [0, 0.05) is 31.7 Å². The van der Waals surface area contributed by atoms with Crippen molar-refractivity contribution in [2.75, 3.05) is 31.1 Å². The zero-order valence-electron chi connectivity index (χ0n) is 12.0. The molecular weight excluding hydrogens is 276 g/mol. The van der Waals surface area contributed by atoms with Gasteiger partial charge in [0.2, 0.25) is 5.28 Å². The molecule has 0 amide bonds. The Labute approximate surface area is 123 Å². The summed E-state index contributed by atoms with van der Waals surface area (Å²) in [4.78, 5) is 13.3. The predicted octanol–water partition coefficient (Wildman–Crippen LogP) is 1.93. The first-order valence-corrected chi connectivity index (χ1v) is 7.19. The summed E-state index contributed by atoms with van der Waals surface area (Å²) in [5, 5.41) is 8.07. The van der Waals surface area contributed by atoms with Crippen LogP contribution in [0.3, 0.4) is 0 Å². The van der Waals surface area contributed by atoms with Crippen molar-refractivity contribution in [2.45, 2.75) is 26.3 Å². The van der Waals surface area contributed by atoms with Gasteiger partial charge in [-0.25, -0.2) is 0 Å². The summed E-state index contributed by atoms with van der Waals surface area (Å²) in [7, 11) is 0. The highest BCUT2D eigenvalue weighted by Crippen LogP contribution is 2.26. The second-order valence-electron chi connectivity index (χ2n) is 6.09. The van der Waals surface area contributed by atoms with Crippen molar-refractivity contribution in [1.82, 2.24) is 25.1 Å². The monoisotopic (exact) mass is 294 g/mol. The third-order valence-corrected chi connectivity index (χ3v) is 3.96. The van der Waals surface area contributed by atoms with E-state index in [-0.39, 0.29) is 10.8 Å². The van der Waals surface area contributed by atoms with Crippen molar-refractivity contribution in [3.05, 3.63) is 11.5 Å². The molecule has 6 nitrogen and oxygen atoms in total. The third-order valence-electron chi connectivity index (χ3n) is 3.79. The van der Waals surface area contributed by atoms with E-state index in [1.807, 2.05) is 0 Å². The van der Waals surface area contributed by atoms with Gasteiger partial charge in [-0.3, -0.25) is 10.00 Å². The van der Waals surface area contributed by atoms with Gasteiger partial charge in [0.15, 0.2) is 5.65 Å². The van der Waals surface area contributed by atoms with Crippen LogP contribution in [0, 0.1) is 0 Å². The van der Waals surface area contributed by atoms with Crippen molar-refractivity contribution in [1.29, 1.82) is 0 Å². The number of aromatic nitrogens is 4. The zero-order chi connectivity index (χ0) is 14.3. The van der Waals surface area contributed by atoms with E-state index in [0.29, 0.717) is 5.65 Å². The molecule has 0 unspecified atom stereocenters. The van der Waals surface area contributed by atoms with Gasteiger partial charge in [-0.15, -0.1) is 0 Å². The Bertz CT molecular complexity index is 609. The highest BCUT2D eigenvalue weighted by molar-refractivity contribution is 6.28. The Kier molecular flexibility index (Phi) is 3.30. The number of fused-ring (bicyclic) bond motifs is 1. The Hall–Kier alpha value is -1.40. The number of anilines is 1. The molecule has 20 heavy (non-hydrogen) atoms. The number of H-pyrrole nitrogens is 1. The first kappa shape index (κ1) is 13.6. The normalized spacial score (nSPS) is 17.9. The van der Waals surface area contributed by atoms with Crippen molar-refractivity contribution in [2.24, 2.45) is 0 Å². The Morgan fingerprint density at radius 3 is 2.50 bits per heavy atom. The minimum absolute atomic E-state index is 0.209. The lowest BCUT2D eigenvalue weighted by Crippen LogP contribution is -2.53. The molecule has 2 aromatic rings. The van der Waals surface area contributed by atoms with Gasteiger partial charge in [0.05, 0.1) is 11.6 Å². The van der Waals surface area contributed by atoms with Gasteiger partial charge in [-0.05, 0) is 32.4 Å². The zero-order valence-corrected chi connectivity index (χ0v) is 12.8. The topological polar surface area (TPSA) is 60.9 Å². The van der Waals surface area contributed by atoms with E-state index >= 15 is 0 Å². The van der Waals surface area contributed by atoms with Crippen LogP contribution in [0.15, 0.2) is 6.20 Å². The largest absolute Gasteiger partial charge is 0.353 e.